The van der Waals surface area contributed by atoms with E-state index in [1.807, 2.05) is 0 Å². The highest BCUT2D eigenvalue weighted by Crippen LogP contribution is 2.31. The monoisotopic (exact) mass is 270 g/mol. The summed E-state index contributed by atoms with van der Waals surface area (Å²) in [6.45, 7) is 17.4. The zero-order valence-corrected chi connectivity index (χ0v) is 13.8. The number of nitrogens with zero attached hydrogens (tertiary/aromatic N) is 1. The van der Waals surface area contributed by atoms with Gasteiger partial charge < -0.3 is 10.4 Å². The van der Waals surface area contributed by atoms with Gasteiger partial charge in [0, 0.05) is 37.8 Å². The zero-order chi connectivity index (χ0) is 14.7. The summed E-state index contributed by atoms with van der Waals surface area (Å²) in [4.78, 5) is 2.63. The molecule has 1 aliphatic rings. The van der Waals surface area contributed by atoms with Gasteiger partial charge in [-0.25, -0.2) is 0 Å². The summed E-state index contributed by atoms with van der Waals surface area (Å²) >= 11 is 0. The molecule has 0 aromatic rings. The van der Waals surface area contributed by atoms with E-state index in [4.69, 9.17) is 0 Å². The summed E-state index contributed by atoms with van der Waals surface area (Å²) in [6.07, 6.45) is 2.27. The summed E-state index contributed by atoms with van der Waals surface area (Å²) in [5.74, 6) is 0.369. The molecular formula is C16H34N2O. The van der Waals surface area contributed by atoms with Gasteiger partial charge in [-0.05, 0) is 44.9 Å². The summed E-state index contributed by atoms with van der Waals surface area (Å²) in [6, 6.07) is 0.595. The molecule has 2 N–H and O–H groups in total. The van der Waals surface area contributed by atoms with Crippen molar-refractivity contribution in [1.82, 2.24) is 10.2 Å². The van der Waals surface area contributed by atoms with Gasteiger partial charge in [0.2, 0.25) is 0 Å². The highest BCUT2D eigenvalue weighted by Gasteiger charge is 2.35. The minimum atomic E-state index is 0.149. The molecule has 2 atom stereocenters. The molecule has 0 amide bonds. The van der Waals surface area contributed by atoms with E-state index < -0.39 is 0 Å². The van der Waals surface area contributed by atoms with Crippen molar-refractivity contribution in [1.29, 1.82) is 0 Å². The first-order valence-corrected chi connectivity index (χ1v) is 7.76. The van der Waals surface area contributed by atoms with E-state index in [0.717, 1.165) is 26.1 Å². The lowest BCUT2D eigenvalue weighted by atomic mass is 9.82. The lowest BCUT2D eigenvalue weighted by molar-refractivity contribution is 0.0229. The molecular weight excluding hydrogens is 236 g/mol. The van der Waals surface area contributed by atoms with Crippen LogP contribution in [0.15, 0.2) is 0 Å². The molecule has 1 heterocycles. The van der Waals surface area contributed by atoms with Crippen LogP contribution in [0.25, 0.3) is 0 Å². The van der Waals surface area contributed by atoms with Crippen LogP contribution in [0, 0.1) is 11.3 Å². The summed E-state index contributed by atoms with van der Waals surface area (Å²) < 4.78 is 0. The Kier molecular flexibility index (Phi) is 5.84. The van der Waals surface area contributed by atoms with Crippen molar-refractivity contribution in [3.63, 3.8) is 0 Å². The molecule has 0 bridgehead atoms. The molecule has 0 spiro atoms. The van der Waals surface area contributed by atoms with Crippen molar-refractivity contribution >= 4 is 0 Å². The lowest BCUT2D eigenvalue weighted by Gasteiger charge is -2.47. The number of hydrogen-bond acceptors (Lipinski definition) is 3. The molecule has 0 radical (unpaired) electrons. The highest BCUT2D eigenvalue weighted by atomic mass is 16.3. The highest BCUT2D eigenvalue weighted by molar-refractivity contribution is 4.91. The maximum Gasteiger partial charge on any atom is 0.0457 e. The smallest absolute Gasteiger partial charge is 0.0457 e. The Balaban J connectivity index is 2.77. The van der Waals surface area contributed by atoms with E-state index in [9.17, 15) is 5.11 Å². The second-order valence-corrected chi connectivity index (χ2v) is 7.89. The third kappa shape index (κ3) is 5.05. The molecule has 19 heavy (non-hydrogen) atoms. The van der Waals surface area contributed by atoms with E-state index in [1.54, 1.807) is 0 Å². The molecule has 0 aromatic heterocycles. The fraction of sp³-hybridized carbons (Fsp3) is 1.00. The van der Waals surface area contributed by atoms with Gasteiger partial charge in [-0.15, -0.1) is 0 Å². The number of nitrogens with one attached hydrogen (secondary N) is 1. The Labute approximate surface area is 119 Å². The van der Waals surface area contributed by atoms with Crippen molar-refractivity contribution < 1.29 is 5.11 Å². The standard InChI is InChI=1S/C16H34N2O/c1-13(11-19)9-16(5,6)18-8-7-17-12-15(3,4)10-14(18)2/h13-14,17,19H,7-12H2,1-6H3. The predicted molar refractivity (Wildman–Crippen MR) is 82.4 cm³/mol. The lowest BCUT2D eigenvalue weighted by Crippen LogP contribution is -2.55. The van der Waals surface area contributed by atoms with Gasteiger partial charge in [-0.3, -0.25) is 4.90 Å². The second kappa shape index (κ2) is 6.55. The van der Waals surface area contributed by atoms with Crippen LogP contribution < -0.4 is 5.32 Å². The molecule has 3 heteroatoms. The number of hydrogen-bond donors (Lipinski definition) is 2. The first-order chi connectivity index (χ1) is 8.68. The van der Waals surface area contributed by atoms with Crippen molar-refractivity contribution in [3.8, 4) is 0 Å². The fourth-order valence-electron chi connectivity index (χ4n) is 3.76. The van der Waals surface area contributed by atoms with E-state index in [0.29, 0.717) is 17.4 Å². The largest absolute Gasteiger partial charge is 0.396 e. The van der Waals surface area contributed by atoms with Crippen LogP contribution in [0.5, 0.6) is 0 Å². The van der Waals surface area contributed by atoms with E-state index >= 15 is 0 Å². The minimum absolute atomic E-state index is 0.149. The van der Waals surface area contributed by atoms with Crippen LogP contribution in [0.3, 0.4) is 0 Å². The summed E-state index contributed by atoms with van der Waals surface area (Å²) in [7, 11) is 0. The molecule has 0 aliphatic carbocycles. The van der Waals surface area contributed by atoms with Gasteiger partial charge in [0.05, 0.1) is 0 Å². The molecule has 1 fully saturated rings. The molecule has 1 rings (SSSR count). The molecule has 3 nitrogen and oxygen atoms in total. The Hall–Kier alpha value is -0.120. The number of aliphatic hydroxyl groups is 1. The number of aliphatic hydroxyl groups excluding tert-OH is 1. The van der Waals surface area contributed by atoms with Gasteiger partial charge in [0.1, 0.15) is 0 Å². The predicted octanol–water partition coefficient (Wildman–Crippen LogP) is 2.49. The minimum Gasteiger partial charge on any atom is -0.396 e. The Morgan fingerprint density at radius 2 is 2.05 bits per heavy atom. The average Bonchev–Trinajstić information content (AvgIpc) is 2.24. The van der Waals surface area contributed by atoms with Crippen molar-refractivity contribution in [2.75, 3.05) is 26.2 Å². The normalized spacial score (nSPS) is 27.6. The van der Waals surface area contributed by atoms with Crippen LogP contribution in [-0.4, -0.2) is 47.8 Å². The van der Waals surface area contributed by atoms with Crippen LogP contribution in [-0.2, 0) is 0 Å². The Morgan fingerprint density at radius 3 is 2.63 bits per heavy atom. The van der Waals surface area contributed by atoms with Gasteiger partial charge >= 0.3 is 0 Å². The third-order valence-electron chi connectivity index (χ3n) is 4.45. The van der Waals surface area contributed by atoms with Crippen LogP contribution in [0.2, 0.25) is 0 Å². The topological polar surface area (TPSA) is 35.5 Å². The van der Waals surface area contributed by atoms with E-state index in [-0.39, 0.29) is 12.1 Å². The van der Waals surface area contributed by atoms with Crippen LogP contribution in [0.1, 0.15) is 54.4 Å². The maximum atomic E-state index is 9.32. The van der Waals surface area contributed by atoms with Crippen LogP contribution in [0.4, 0.5) is 0 Å². The Morgan fingerprint density at radius 1 is 1.42 bits per heavy atom. The number of rotatable bonds is 4. The second-order valence-electron chi connectivity index (χ2n) is 7.89. The average molecular weight is 270 g/mol. The molecule has 1 aliphatic heterocycles. The van der Waals surface area contributed by atoms with Gasteiger partial charge in [-0.1, -0.05) is 20.8 Å². The zero-order valence-electron chi connectivity index (χ0n) is 13.8. The summed E-state index contributed by atoms with van der Waals surface area (Å²) in [5.41, 5.74) is 0.507. The van der Waals surface area contributed by atoms with Crippen molar-refractivity contribution in [2.45, 2.75) is 66.0 Å². The van der Waals surface area contributed by atoms with Gasteiger partial charge in [0.15, 0.2) is 0 Å². The Bertz CT molecular complexity index is 276. The molecule has 0 aromatic carbocycles. The fourth-order valence-corrected chi connectivity index (χ4v) is 3.76. The SMILES string of the molecule is CC(CO)CC(C)(C)N1CCNCC(C)(C)CC1C. The third-order valence-corrected chi connectivity index (χ3v) is 4.45. The first kappa shape index (κ1) is 16.9. The van der Waals surface area contributed by atoms with Crippen molar-refractivity contribution in [2.24, 2.45) is 11.3 Å². The quantitative estimate of drug-likeness (QED) is 0.824. The summed E-state index contributed by atoms with van der Waals surface area (Å²) in [5, 5.41) is 12.9. The van der Waals surface area contributed by atoms with E-state index in [1.165, 1.54) is 6.42 Å². The van der Waals surface area contributed by atoms with Gasteiger partial charge in [-0.2, -0.15) is 0 Å². The molecule has 0 saturated carbocycles. The molecule has 2 unspecified atom stereocenters. The maximum absolute atomic E-state index is 9.32. The van der Waals surface area contributed by atoms with Crippen molar-refractivity contribution in [3.05, 3.63) is 0 Å². The van der Waals surface area contributed by atoms with E-state index in [2.05, 4.69) is 51.8 Å². The molecule has 1 saturated heterocycles. The van der Waals surface area contributed by atoms with Gasteiger partial charge in [0.25, 0.3) is 0 Å². The van der Waals surface area contributed by atoms with Crippen LogP contribution >= 0.6 is 0 Å². The first-order valence-electron chi connectivity index (χ1n) is 7.76. The molecule has 114 valence electrons.